The van der Waals surface area contributed by atoms with Gasteiger partial charge in [0.25, 0.3) is 0 Å². The van der Waals surface area contributed by atoms with E-state index in [4.69, 9.17) is 14.6 Å². The van der Waals surface area contributed by atoms with Crippen molar-refractivity contribution in [2.24, 2.45) is 0 Å². The molecule has 3 amide bonds. The summed E-state index contributed by atoms with van der Waals surface area (Å²) in [4.78, 5) is 47.5. The summed E-state index contributed by atoms with van der Waals surface area (Å²) in [5.74, 6) is -1.76. The monoisotopic (exact) mass is 374 g/mol. The van der Waals surface area contributed by atoms with Crippen molar-refractivity contribution in [2.75, 3.05) is 20.2 Å². The van der Waals surface area contributed by atoms with Crippen LogP contribution in [-0.4, -0.2) is 71.0 Å². The predicted octanol–water partition coefficient (Wildman–Crippen LogP) is 0.465. The van der Waals surface area contributed by atoms with Crippen LogP contribution in [0.5, 0.6) is 0 Å². The van der Waals surface area contributed by atoms with Crippen LogP contribution in [0.2, 0.25) is 0 Å². The van der Waals surface area contributed by atoms with Crippen LogP contribution in [0.3, 0.4) is 0 Å². The van der Waals surface area contributed by atoms with Crippen LogP contribution >= 0.6 is 0 Å². The fraction of sp³-hybridized carbons (Fsp3) is 0.733. The molecular formula is C15H26N4O7. The molecule has 0 bridgehead atoms. The number of urea groups is 1. The summed E-state index contributed by atoms with van der Waals surface area (Å²) in [6.07, 6.45) is -0.288. The van der Waals surface area contributed by atoms with Crippen LogP contribution in [0.4, 0.5) is 9.59 Å². The molecule has 0 aliphatic carbocycles. The van der Waals surface area contributed by atoms with Crippen molar-refractivity contribution in [3.05, 3.63) is 0 Å². The lowest BCUT2D eigenvalue weighted by atomic mass is 10.1. The van der Waals surface area contributed by atoms with Crippen molar-refractivity contribution in [1.82, 2.24) is 20.9 Å². The van der Waals surface area contributed by atoms with Crippen molar-refractivity contribution >= 4 is 24.1 Å². The molecule has 0 spiro atoms. The maximum Gasteiger partial charge on any atom is 0.426 e. The highest BCUT2D eigenvalue weighted by Gasteiger charge is 2.36. The second-order valence-corrected chi connectivity index (χ2v) is 6.65. The zero-order valence-electron chi connectivity index (χ0n) is 15.4. The van der Waals surface area contributed by atoms with Gasteiger partial charge >= 0.3 is 24.1 Å². The van der Waals surface area contributed by atoms with Gasteiger partial charge in [-0.25, -0.2) is 35.3 Å². The van der Waals surface area contributed by atoms with E-state index >= 15 is 0 Å². The molecule has 1 aliphatic rings. The highest BCUT2D eigenvalue weighted by molar-refractivity contribution is 5.84. The Balaban J connectivity index is 2.92. The fourth-order valence-electron chi connectivity index (χ4n) is 2.24. The van der Waals surface area contributed by atoms with E-state index in [2.05, 4.69) is 10.9 Å². The molecule has 1 saturated heterocycles. The number of carbonyl (C=O) groups is 4. The minimum atomic E-state index is -1.15. The second kappa shape index (κ2) is 9.22. The topological polar surface area (TPSA) is 138 Å². The van der Waals surface area contributed by atoms with Gasteiger partial charge in [0, 0.05) is 6.54 Å². The third-order valence-corrected chi connectivity index (χ3v) is 3.33. The summed E-state index contributed by atoms with van der Waals surface area (Å²) >= 11 is 0. The van der Waals surface area contributed by atoms with Gasteiger partial charge in [0.2, 0.25) is 0 Å². The Hall–Kier alpha value is -2.56. The molecule has 0 radical (unpaired) electrons. The molecule has 1 aliphatic heterocycles. The lowest BCUT2D eigenvalue weighted by Crippen LogP contribution is -2.63. The molecule has 11 nitrogen and oxygen atoms in total. The molecule has 11 heteroatoms. The number of ether oxygens (including phenoxy) is 2. The summed E-state index contributed by atoms with van der Waals surface area (Å²) in [6.45, 7) is 5.08. The largest absolute Gasteiger partial charge is 0.481 e. The maximum atomic E-state index is 12.8. The summed E-state index contributed by atoms with van der Waals surface area (Å²) < 4.78 is 9.78. The maximum absolute atomic E-state index is 12.8. The summed E-state index contributed by atoms with van der Waals surface area (Å²) in [7, 11) is 1.21. The number of hydrogen-bond acceptors (Lipinski definition) is 7. The zero-order chi connectivity index (χ0) is 19.9. The number of esters is 1. The van der Waals surface area contributed by atoms with E-state index in [9.17, 15) is 19.2 Å². The predicted molar refractivity (Wildman–Crippen MR) is 88.6 cm³/mol. The Labute approximate surface area is 151 Å². The Morgan fingerprint density at radius 3 is 2.50 bits per heavy atom. The van der Waals surface area contributed by atoms with Crippen LogP contribution in [0, 0.1) is 0 Å². The normalized spacial score (nSPS) is 17.2. The number of carboxylic acids is 1. The van der Waals surface area contributed by atoms with E-state index in [0.717, 1.165) is 10.0 Å². The number of nitrogens with one attached hydrogen (secondary N) is 2. The van der Waals surface area contributed by atoms with Crippen LogP contribution in [-0.2, 0) is 19.1 Å². The fourth-order valence-corrected chi connectivity index (χ4v) is 2.24. The quantitative estimate of drug-likeness (QED) is 0.477. The first-order chi connectivity index (χ1) is 12.0. The van der Waals surface area contributed by atoms with Crippen LogP contribution in [0.15, 0.2) is 0 Å². The molecule has 1 atom stereocenters. The van der Waals surface area contributed by atoms with Crippen molar-refractivity contribution < 1.29 is 33.8 Å². The van der Waals surface area contributed by atoms with E-state index in [-0.39, 0.29) is 6.54 Å². The van der Waals surface area contributed by atoms with E-state index in [1.165, 1.54) is 7.11 Å². The number of hydrogen-bond donors (Lipinski definition) is 3. The molecule has 148 valence electrons. The highest BCUT2D eigenvalue weighted by atomic mass is 16.6. The van der Waals surface area contributed by atoms with Crippen molar-refractivity contribution in [1.29, 1.82) is 0 Å². The van der Waals surface area contributed by atoms with Gasteiger partial charge in [0.05, 0.1) is 20.1 Å². The van der Waals surface area contributed by atoms with Crippen LogP contribution < -0.4 is 10.9 Å². The average Bonchev–Trinajstić information content (AvgIpc) is 2.55. The zero-order valence-corrected chi connectivity index (χ0v) is 15.4. The summed E-state index contributed by atoms with van der Waals surface area (Å²) in [5.41, 5.74) is 4.20. The minimum absolute atomic E-state index is 0.306. The molecule has 26 heavy (non-hydrogen) atoms. The SMILES string of the molecule is COC(=O)[C@@H]1CCCNN1C(=O)N(CCC(=O)O)NC(=O)OC(C)(C)C. The first-order valence-corrected chi connectivity index (χ1v) is 8.18. The van der Waals surface area contributed by atoms with Gasteiger partial charge in [0.1, 0.15) is 11.6 Å². The molecule has 0 unspecified atom stereocenters. The lowest BCUT2D eigenvalue weighted by molar-refractivity contribution is -0.148. The number of methoxy groups -OCH3 is 1. The Bertz CT molecular complexity index is 547. The van der Waals surface area contributed by atoms with E-state index in [1.807, 2.05) is 0 Å². The average molecular weight is 374 g/mol. The van der Waals surface area contributed by atoms with E-state index in [1.54, 1.807) is 20.8 Å². The Morgan fingerprint density at radius 2 is 1.96 bits per heavy atom. The van der Waals surface area contributed by atoms with Crippen molar-refractivity contribution in [3.8, 4) is 0 Å². The van der Waals surface area contributed by atoms with Gasteiger partial charge in [-0.15, -0.1) is 0 Å². The molecular weight excluding hydrogens is 348 g/mol. The molecule has 1 heterocycles. The third-order valence-electron chi connectivity index (χ3n) is 3.33. The number of hydrazine groups is 2. The number of amides is 3. The van der Waals surface area contributed by atoms with E-state index in [0.29, 0.717) is 19.4 Å². The second-order valence-electron chi connectivity index (χ2n) is 6.65. The van der Waals surface area contributed by atoms with Gasteiger partial charge in [-0.2, -0.15) is 0 Å². The molecule has 0 aromatic carbocycles. The third kappa shape index (κ3) is 6.75. The van der Waals surface area contributed by atoms with Crippen LogP contribution in [0.25, 0.3) is 0 Å². The van der Waals surface area contributed by atoms with E-state index < -0.39 is 42.1 Å². The van der Waals surface area contributed by atoms with Gasteiger partial charge in [-0.1, -0.05) is 0 Å². The molecule has 0 saturated carbocycles. The summed E-state index contributed by atoms with van der Waals surface area (Å²) in [5, 5.41) is 10.7. The molecule has 1 fully saturated rings. The smallest absolute Gasteiger partial charge is 0.426 e. The van der Waals surface area contributed by atoms with Gasteiger partial charge in [-0.05, 0) is 33.6 Å². The highest BCUT2D eigenvalue weighted by Crippen LogP contribution is 2.14. The Kier molecular flexibility index (Phi) is 7.62. The number of nitrogens with zero attached hydrogens (tertiary/aromatic N) is 2. The molecule has 0 aromatic heterocycles. The Morgan fingerprint density at radius 1 is 1.31 bits per heavy atom. The van der Waals surface area contributed by atoms with Gasteiger partial charge in [-0.3, -0.25) is 4.79 Å². The number of rotatable bonds is 4. The minimum Gasteiger partial charge on any atom is -0.481 e. The summed E-state index contributed by atoms with van der Waals surface area (Å²) in [6, 6.07) is -1.67. The number of aliphatic carboxylic acids is 1. The van der Waals surface area contributed by atoms with Crippen LogP contribution in [0.1, 0.15) is 40.0 Å². The standard InChI is InChI=1S/C15H26N4O7/c1-15(2,3)26-13(23)17-18(9-7-11(20)21)14(24)19-10(12(22)25-4)6-5-8-16-19/h10,16H,5-9H2,1-4H3,(H,17,23)(H,20,21)/t10-/m0/s1. The molecule has 1 rings (SSSR count). The van der Waals surface area contributed by atoms with Crippen molar-refractivity contribution in [3.63, 3.8) is 0 Å². The van der Waals surface area contributed by atoms with Gasteiger partial charge < -0.3 is 14.6 Å². The first kappa shape index (κ1) is 21.5. The molecule has 3 N–H and O–H groups in total. The number of carbonyl (C=O) groups excluding carboxylic acids is 3. The van der Waals surface area contributed by atoms with Crippen molar-refractivity contribution in [2.45, 2.75) is 51.7 Å². The first-order valence-electron chi connectivity index (χ1n) is 8.18. The lowest BCUT2D eigenvalue weighted by Gasteiger charge is -2.37. The van der Waals surface area contributed by atoms with Gasteiger partial charge in [0.15, 0.2) is 0 Å². The number of carboxylic acid groups (broad SMARTS) is 1. The molecule has 0 aromatic rings.